The second-order valence-electron chi connectivity index (χ2n) is 6.87. The predicted molar refractivity (Wildman–Crippen MR) is 99.3 cm³/mol. The van der Waals surface area contributed by atoms with Crippen molar-refractivity contribution in [3.05, 3.63) is 65.8 Å². The van der Waals surface area contributed by atoms with E-state index < -0.39 is 0 Å². The van der Waals surface area contributed by atoms with Crippen LogP contribution in [-0.4, -0.2) is 43.6 Å². The monoisotopic (exact) mass is 365 g/mol. The molecular formula is C20H23N5O2. The second kappa shape index (κ2) is 7.73. The van der Waals surface area contributed by atoms with Crippen LogP contribution in [0.2, 0.25) is 0 Å². The first kappa shape index (κ1) is 17.5. The Morgan fingerprint density at radius 3 is 2.70 bits per heavy atom. The summed E-state index contributed by atoms with van der Waals surface area (Å²) in [7, 11) is 0. The summed E-state index contributed by atoms with van der Waals surface area (Å²) in [4.78, 5) is 23.1. The van der Waals surface area contributed by atoms with Gasteiger partial charge in [0, 0.05) is 62.8 Å². The van der Waals surface area contributed by atoms with Crippen molar-refractivity contribution >= 4 is 5.91 Å². The van der Waals surface area contributed by atoms with Crippen LogP contribution in [0, 0.1) is 0 Å². The summed E-state index contributed by atoms with van der Waals surface area (Å²) in [5.41, 5.74) is 1.61. The molecule has 0 aromatic carbocycles. The molecule has 1 amide bonds. The number of piperidine rings is 1. The lowest BCUT2D eigenvalue weighted by molar-refractivity contribution is 0.0700. The minimum absolute atomic E-state index is 0.0444. The third-order valence-corrected chi connectivity index (χ3v) is 5.12. The SMILES string of the molecule is CCc1cc(C(=O)N2CCC(c3nccn3Cc3ccncc3)CC2)no1. The van der Waals surface area contributed by atoms with Crippen LogP contribution < -0.4 is 0 Å². The van der Waals surface area contributed by atoms with Crippen LogP contribution in [-0.2, 0) is 13.0 Å². The number of aromatic nitrogens is 4. The molecule has 3 aromatic heterocycles. The van der Waals surface area contributed by atoms with Crippen LogP contribution in [0.3, 0.4) is 0 Å². The number of carbonyl (C=O) groups excluding carboxylic acids is 1. The van der Waals surface area contributed by atoms with E-state index in [0.29, 0.717) is 24.7 Å². The molecule has 0 saturated carbocycles. The number of hydrogen-bond donors (Lipinski definition) is 0. The highest BCUT2D eigenvalue weighted by Gasteiger charge is 2.28. The largest absolute Gasteiger partial charge is 0.361 e. The molecule has 27 heavy (non-hydrogen) atoms. The molecule has 3 aromatic rings. The summed E-state index contributed by atoms with van der Waals surface area (Å²) in [6, 6.07) is 5.79. The smallest absolute Gasteiger partial charge is 0.276 e. The third-order valence-electron chi connectivity index (χ3n) is 5.12. The minimum atomic E-state index is -0.0444. The van der Waals surface area contributed by atoms with Gasteiger partial charge in [0.05, 0.1) is 0 Å². The molecule has 0 N–H and O–H groups in total. The quantitative estimate of drug-likeness (QED) is 0.695. The number of likely N-dealkylation sites (tertiary alicyclic amines) is 1. The van der Waals surface area contributed by atoms with Gasteiger partial charge in [-0.25, -0.2) is 4.98 Å². The number of carbonyl (C=O) groups is 1. The van der Waals surface area contributed by atoms with Crippen LogP contribution in [0.15, 0.2) is 47.5 Å². The molecule has 0 spiro atoms. The molecule has 1 saturated heterocycles. The zero-order valence-electron chi connectivity index (χ0n) is 15.4. The Morgan fingerprint density at radius 2 is 2.00 bits per heavy atom. The van der Waals surface area contributed by atoms with Crippen molar-refractivity contribution in [1.29, 1.82) is 0 Å². The van der Waals surface area contributed by atoms with E-state index in [-0.39, 0.29) is 5.91 Å². The molecule has 0 radical (unpaired) electrons. The van der Waals surface area contributed by atoms with Crippen molar-refractivity contribution in [2.24, 2.45) is 0 Å². The van der Waals surface area contributed by atoms with Crippen molar-refractivity contribution in [2.45, 2.75) is 38.6 Å². The lowest BCUT2D eigenvalue weighted by atomic mass is 9.95. The third kappa shape index (κ3) is 3.77. The average molecular weight is 365 g/mol. The highest BCUT2D eigenvalue weighted by Crippen LogP contribution is 2.28. The zero-order chi connectivity index (χ0) is 18.6. The van der Waals surface area contributed by atoms with Crippen molar-refractivity contribution in [2.75, 3.05) is 13.1 Å². The Bertz CT molecular complexity index is 894. The molecule has 0 bridgehead atoms. The van der Waals surface area contributed by atoms with E-state index in [2.05, 4.69) is 19.7 Å². The van der Waals surface area contributed by atoms with E-state index in [4.69, 9.17) is 4.52 Å². The normalized spacial score (nSPS) is 15.2. The van der Waals surface area contributed by atoms with Crippen LogP contribution in [0.5, 0.6) is 0 Å². The van der Waals surface area contributed by atoms with Crippen molar-refractivity contribution < 1.29 is 9.32 Å². The van der Waals surface area contributed by atoms with Gasteiger partial charge in [-0.1, -0.05) is 12.1 Å². The highest BCUT2D eigenvalue weighted by atomic mass is 16.5. The van der Waals surface area contributed by atoms with Crippen LogP contribution in [0.1, 0.15) is 53.3 Å². The Morgan fingerprint density at radius 1 is 1.22 bits per heavy atom. The van der Waals surface area contributed by atoms with Gasteiger partial charge in [0.1, 0.15) is 11.6 Å². The summed E-state index contributed by atoms with van der Waals surface area (Å²) >= 11 is 0. The maximum absolute atomic E-state index is 12.6. The maximum atomic E-state index is 12.6. The molecule has 0 aliphatic carbocycles. The van der Waals surface area contributed by atoms with Crippen LogP contribution >= 0.6 is 0 Å². The summed E-state index contributed by atoms with van der Waals surface area (Å²) in [6.07, 6.45) is 10.0. The summed E-state index contributed by atoms with van der Waals surface area (Å²) in [5.74, 6) is 2.14. The molecule has 0 atom stereocenters. The molecule has 1 aliphatic heterocycles. The van der Waals surface area contributed by atoms with E-state index in [1.165, 1.54) is 5.56 Å². The van der Waals surface area contributed by atoms with Gasteiger partial charge in [0.15, 0.2) is 5.69 Å². The lowest BCUT2D eigenvalue weighted by Gasteiger charge is -2.31. The Kier molecular flexibility index (Phi) is 5.00. The number of rotatable bonds is 5. The molecule has 1 fully saturated rings. The molecular weight excluding hydrogens is 342 g/mol. The van der Waals surface area contributed by atoms with Gasteiger partial charge in [-0.3, -0.25) is 9.78 Å². The fourth-order valence-corrected chi connectivity index (χ4v) is 3.58. The Hall–Kier alpha value is -2.96. The minimum Gasteiger partial charge on any atom is -0.361 e. The van der Waals surface area contributed by atoms with Gasteiger partial charge in [0.2, 0.25) is 0 Å². The Labute approximate surface area is 158 Å². The topological polar surface area (TPSA) is 77.1 Å². The number of hydrogen-bond acceptors (Lipinski definition) is 5. The fraction of sp³-hybridized carbons (Fsp3) is 0.400. The first-order chi connectivity index (χ1) is 13.2. The number of aryl methyl sites for hydroxylation is 1. The lowest BCUT2D eigenvalue weighted by Crippen LogP contribution is -2.38. The average Bonchev–Trinajstić information content (AvgIpc) is 3.38. The number of imidazole rings is 1. The number of nitrogens with zero attached hydrogens (tertiary/aromatic N) is 5. The van der Waals surface area contributed by atoms with E-state index in [9.17, 15) is 4.79 Å². The summed E-state index contributed by atoms with van der Waals surface area (Å²) in [6.45, 7) is 4.18. The van der Waals surface area contributed by atoms with Crippen LogP contribution in [0.25, 0.3) is 0 Å². The van der Waals surface area contributed by atoms with Crippen molar-refractivity contribution in [1.82, 2.24) is 24.6 Å². The standard InChI is InChI=1S/C20H23N5O2/c1-2-17-13-18(23-27-17)20(26)24-10-5-16(6-11-24)19-22-9-12-25(19)14-15-3-7-21-8-4-15/h3-4,7-9,12-13,16H,2,5-6,10-11,14H2,1H3. The summed E-state index contributed by atoms with van der Waals surface area (Å²) < 4.78 is 7.36. The molecule has 4 rings (SSSR count). The van der Waals surface area contributed by atoms with Gasteiger partial charge in [-0.15, -0.1) is 0 Å². The number of pyridine rings is 1. The van der Waals surface area contributed by atoms with Gasteiger partial charge in [-0.05, 0) is 30.5 Å². The second-order valence-corrected chi connectivity index (χ2v) is 6.87. The molecule has 1 aliphatic rings. The maximum Gasteiger partial charge on any atom is 0.276 e. The van der Waals surface area contributed by atoms with E-state index in [1.54, 1.807) is 6.07 Å². The van der Waals surface area contributed by atoms with Crippen molar-refractivity contribution in [3.8, 4) is 0 Å². The van der Waals surface area contributed by atoms with Gasteiger partial charge in [-0.2, -0.15) is 0 Å². The van der Waals surface area contributed by atoms with Gasteiger partial charge < -0.3 is 14.0 Å². The number of amides is 1. The van der Waals surface area contributed by atoms with E-state index in [0.717, 1.165) is 37.4 Å². The molecule has 7 heteroatoms. The zero-order valence-corrected chi connectivity index (χ0v) is 15.4. The van der Waals surface area contributed by atoms with Gasteiger partial charge >= 0.3 is 0 Å². The summed E-state index contributed by atoms with van der Waals surface area (Å²) in [5, 5.41) is 3.90. The highest BCUT2D eigenvalue weighted by molar-refractivity contribution is 5.92. The first-order valence-corrected chi connectivity index (χ1v) is 9.39. The Balaban J connectivity index is 1.40. The molecule has 140 valence electrons. The molecule has 4 heterocycles. The fourth-order valence-electron chi connectivity index (χ4n) is 3.58. The van der Waals surface area contributed by atoms with E-state index >= 15 is 0 Å². The predicted octanol–water partition coefficient (Wildman–Crippen LogP) is 2.90. The van der Waals surface area contributed by atoms with Crippen molar-refractivity contribution in [3.63, 3.8) is 0 Å². The molecule has 7 nitrogen and oxygen atoms in total. The molecule has 0 unspecified atom stereocenters. The van der Waals surface area contributed by atoms with Crippen LogP contribution in [0.4, 0.5) is 0 Å². The van der Waals surface area contributed by atoms with E-state index in [1.807, 2.05) is 48.7 Å². The van der Waals surface area contributed by atoms with Gasteiger partial charge in [0.25, 0.3) is 5.91 Å². The first-order valence-electron chi connectivity index (χ1n) is 9.39.